The van der Waals surface area contributed by atoms with Crippen LogP contribution in [0.25, 0.3) is 0 Å². The number of nitrogens with one attached hydrogen (secondary N) is 2. The topological polar surface area (TPSA) is 108 Å². The Balaban J connectivity index is 2.51. The van der Waals surface area contributed by atoms with E-state index in [1.54, 1.807) is 37.8 Å². The molecule has 0 saturated heterocycles. The Kier molecular flexibility index (Phi) is 12.3. The van der Waals surface area contributed by atoms with Gasteiger partial charge in [0, 0.05) is 19.0 Å². The molecule has 3 unspecified atom stereocenters. The zero-order valence-electron chi connectivity index (χ0n) is 24.2. The summed E-state index contributed by atoms with van der Waals surface area (Å²) >= 11 is 0. The average Bonchev–Trinajstić information content (AvgIpc) is 2.88. The first kappa shape index (κ1) is 31.7. The van der Waals surface area contributed by atoms with E-state index in [1.807, 2.05) is 44.2 Å². The van der Waals surface area contributed by atoms with Crippen LogP contribution in [0.3, 0.4) is 0 Å². The van der Waals surface area contributed by atoms with E-state index in [-0.39, 0.29) is 30.0 Å². The van der Waals surface area contributed by atoms with Gasteiger partial charge in [-0.05, 0) is 63.8 Å². The van der Waals surface area contributed by atoms with E-state index in [0.717, 1.165) is 24.8 Å². The van der Waals surface area contributed by atoms with Gasteiger partial charge in [0.1, 0.15) is 23.4 Å². The Hall–Kier alpha value is -3.55. The van der Waals surface area contributed by atoms with Gasteiger partial charge in [0.2, 0.25) is 11.8 Å². The molecule has 8 heteroatoms. The third-order valence-corrected chi connectivity index (χ3v) is 6.41. The molecule has 0 aromatic heterocycles. The Morgan fingerprint density at radius 1 is 0.974 bits per heavy atom. The van der Waals surface area contributed by atoms with E-state index in [2.05, 4.69) is 17.6 Å². The number of carbonyl (C=O) groups is 3. The van der Waals surface area contributed by atoms with Crippen molar-refractivity contribution in [1.82, 2.24) is 15.5 Å². The van der Waals surface area contributed by atoms with Crippen molar-refractivity contribution in [3.63, 3.8) is 0 Å². The van der Waals surface area contributed by atoms with Crippen LogP contribution in [0.2, 0.25) is 0 Å². The van der Waals surface area contributed by atoms with Crippen LogP contribution in [0.4, 0.5) is 4.79 Å². The Labute approximate surface area is 233 Å². The molecule has 0 saturated carbocycles. The molecule has 0 fully saturated rings. The smallest absolute Gasteiger partial charge is 0.408 e. The number of nitrogens with zero attached hydrogens (tertiary/aromatic N) is 1. The summed E-state index contributed by atoms with van der Waals surface area (Å²) in [5.41, 5.74) is 0.694. The lowest BCUT2D eigenvalue weighted by Crippen LogP contribution is -2.56. The summed E-state index contributed by atoms with van der Waals surface area (Å²) < 4.78 is 5.48. The standard InChI is InChI=1S/C31H45N3O5/c1-7-9-13-20-32-28(36)27(24-16-18-25(35)19-17-24)34(22(3)8-2)29(37)26(21-23-14-11-10-12-15-23)33-30(38)39-31(4,5)6/h10-12,14-19,22,26-27,35H,7-9,13,20-21H2,1-6H3,(H,32,36)(H,33,38). The number of phenols is 1. The molecule has 0 bridgehead atoms. The summed E-state index contributed by atoms with van der Waals surface area (Å²) in [5.74, 6) is -0.627. The van der Waals surface area contributed by atoms with Crippen LogP contribution >= 0.6 is 0 Å². The molecule has 0 radical (unpaired) electrons. The maximum Gasteiger partial charge on any atom is 0.408 e. The minimum Gasteiger partial charge on any atom is -0.508 e. The molecule has 0 heterocycles. The van der Waals surface area contributed by atoms with Gasteiger partial charge in [0.05, 0.1) is 0 Å². The first-order valence-electron chi connectivity index (χ1n) is 13.9. The van der Waals surface area contributed by atoms with E-state index in [4.69, 9.17) is 4.74 Å². The number of hydrogen-bond donors (Lipinski definition) is 3. The van der Waals surface area contributed by atoms with Gasteiger partial charge in [-0.2, -0.15) is 0 Å². The molecule has 3 N–H and O–H groups in total. The molecule has 3 amide bonds. The fourth-order valence-electron chi connectivity index (χ4n) is 4.25. The molecule has 39 heavy (non-hydrogen) atoms. The monoisotopic (exact) mass is 539 g/mol. The summed E-state index contributed by atoms with van der Waals surface area (Å²) in [6, 6.07) is 13.5. The van der Waals surface area contributed by atoms with Gasteiger partial charge in [-0.3, -0.25) is 9.59 Å². The van der Waals surface area contributed by atoms with Crippen molar-refractivity contribution in [2.45, 2.75) is 97.4 Å². The van der Waals surface area contributed by atoms with Crippen molar-refractivity contribution < 1.29 is 24.2 Å². The molecule has 0 aliphatic heterocycles. The fraction of sp³-hybridized carbons (Fsp3) is 0.516. The first-order valence-corrected chi connectivity index (χ1v) is 13.9. The van der Waals surface area contributed by atoms with E-state index in [0.29, 0.717) is 18.5 Å². The second-order valence-electron chi connectivity index (χ2n) is 10.9. The molecule has 0 aliphatic carbocycles. The van der Waals surface area contributed by atoms with Crippen LogP contribution in [0.5, 0.6) is 5.75 Å². The zero-order chi connectivity index (χ0) is 29.0. The minimum atomic E-state index is -0.969. The van der Waals surface area contributed by atoms with Crippen molar-refractivity contribution >= 4 is 17.9 Å². The maximum atomic E-state index is 14.3. The maximum absolute atomic E-state index is 14.3. The zero-order valence-corrected chi connectivity index (χ0v) is 24.2. The Bertz CT molecular complexity index is 1050. The number of rotatable bonds is 13. The van der Waals surface area contributed by atoms with Gasteiger partial charge in [-0.1, -0.05) is 69.2 Å². The Morgan fingerprint density at radius 2 is 1.62 bits per heavy atom. The summed E-state index contributed by atoms with van der Waals surface area (Å²) in [6.07, 6.45) is 2.95. The highest BCUT2D eigenvalue weighted by atomic mass is 16.6. The van der Waals surface area contributed by atoms with Gasteiger partial charge in [-0.15, -0.1) is 0 Å². The SMILES string of the molecule is CCCCCNC(=O)C(c1ccc(O)cc1)N(C(=O)C(Cc1ccccc1)NC(=O)OC(C)(C)C)C(C)CC. The van der Waals surface area contributed by atoms with Crippen molar-refractivity contribution in [3.05, 3.63) is 65.7 Å². The molecule has 0 spiro atoms. The molecule has 0 aliphatic rings. The predicted molar refractivity (Wildman–Crippen MR) is 153 cm³/mol. The number of alkyl carbamates (subject to hydrolysis) is 1. The van der Waals surface area contributed by atoms with Gasteiger partial charge in [-0.25, -0.2) is 4.79 Å². The number of unbranched alkanes of at least 4 members (excludes halogenated alkanes) is 2. The van der Waals surface area contributed by atoms with Crippen molar-refractivity contribution in [2.24, 2.45) is 0 Å². The van der Waals surface area contributed by atoms with Gasteiger partial charge in [0.25, 0.3) is 0 Å². The predicted octanol–water partition coefficient (Wildman–Crippen LogP) is 5.50. The fourth-order valence-corrected chi connectivity index (χ4v) is 4.25. The summed E-state index contributed by atoms with van der Waals surface area (Å²) in [6.45, 7) is 11.7. The molecule has 2 aromatic rings. The van der Waals surface area contributed by atoms with E-state index in [1.165, 1.54) is 12.1 Å². The number of benzene rings is 2. The van der Waals surface area contributed by atoms with E-state index in [9.17, 15) is 19.5 Å². The highest BCUT2D eigenvalue weighted by Crippen LogP contribution is 2.28. The van der Waals surface area contributed by atoms with Crippen LogP contribution in [0, 0.1) is 0 Å². The molecule has 214 valence electrons. The van der Waals surface area contributed by atoms with Crippen LogP contribution in [0.15, 0.2) is 54.6 Å². The highest BCUT2D eigenvalue weighted by Gasteiger charge is 2.38. The second-order valence-corrected chi connectivity index (χ2v) is 10.9. The van der Waals surface area contributed by atoms with E-state index >= 15 is 0 Å². The number of amides is 3. The minimum absolute atomic E-state index is 0.0656. The molecular weight excluding hydrogens is 494 g/mol. The van der Waals surface area contributed by atoms with Gasteiger partial charge < -0.3 is 25.4 Å². The largest absolute Gasteiger partial charge is 0.508 e. The van der Waals surface area contributed by atoms with Crippen LogP contribution in [0.1, 0.15) is 84.4 Å². The molecule has 8 nitrogen and oxygen atoms in total. The van der Waals surface area contributed by atoms with Crippen molar-refractivity contribution in [1.29, 1.82) is 0 Å². The van der Waals surface area contributed by atoms with E-state index < -0.39 is 23.8 Å². The quantitative estimate of drug-likeness (QED) is 0.291. The van der Waals surface area contributed by atoms with Crippen molar-refractivity contribution in [2.75, 3.05) is 6.54 Å². The third kappa shape index (κ3) is 10.3. The number of aromatic hydroxyl groups is 1. The van der Waals surface area contributed by atoms with Crippen LogP contribution in [-0.4, -0.2) is 52.1 Å². The summed E-state index contributed by atoms with van der Waals surface area (Å²) in [7, 11) is 0. The summed E-state index contributed by atoms with van der Waals surface area (Å²) in [4.78, 5) is 42.4. The lowest BCUT2D eigenvalue weighted by molar-refractivity contribution is -0.145. The lowest BCUT2D eigenvalue weighted by atomic mass is 9.98. The van der Waals surface area contributed by atoms with Gasteiger partial charge in [0.15, 0.2) is 0 Å². The Morgan fingerprint density at radius 3 is 2.18 bits per heavy atom. The number of ether oxygens (including phenoxy) is 1. The molecule has 2 rings (SSSR count). The second kappa shape index (κ2) is 15.1. The van der Waals surface area contributed by atoms with Crippen LogP contribution < -0.4 is 10.6 Å². The molecule has 2 aromatic carbocycles. The van der Waals surface area contributed by atoms with Crippen LogP contribution in [-0.2, 0) is 20.7 Å². The number of carbonyl (C=O) groups excluding carboxylic acids is 3. The lowest BCUT2D eigenvalue weighted by Gasteiger charge is -2.38. The third-order valence-electron chi connectivity index (χ3n) is 6.41. The normalized spacial score (nSPS) is 13.6. The molecular formula is C31H45N3O5. The molecule has 3 atom stereocenters. The first-order chi connectivity index (χ1) is 18.5. The van der Waals surface area contributed by atoms with Crippen molar-refractivity contribution in [3.8, 4) is 5.75 Å². The highest BCUT2D eigenvalue weighted by molar-refractivity contribution is 5.92. The number of hydrogen-bond acceptors (Lipinski definition) is 5. The summed E-state index contributed by atoms with van der Waals surface area (Å²) in [5, 5.41) is 15.7. The number of phenolic OH excluding ortho intramolecular Hbond substituents is 1. The van der Waals surface area contributed by atoms with Gasteiger partial charge >= 0.3 is 6.09 Å². The average molecular weight is 540 g/mol.